The van der Waals surface area contributed by atoms with Crippen molar-refractivity contribution in [3.05, 3.63) is 70.8 Å². The van der Waals surface area contributed by atoms with E-state index in [0.29, 0.717) is 24.2 Å². The lowest BCUT2D eigenvalue weighted by Gasteiger charge is -2.08. The van der Waals surface area contributed by atoms with Crippen LogP contribution in [0.5, 0.6) is 0 Å². The van der Waals surface area contributed by atoms with Crippen LogP contribution in [0.1, 0.15) is 45.7 Å². The molecule has 2 N–H and O–H groups in total. The minimum Gasteiger partial charge on any atom is -0.334 e. The molecule has 0 fully saturated rings. The van der Waals surface area contributed by atoms with Crippen molar-refractivity contribution < 1.29 is 14.4 Å². The predicted molar refractivity (Wildman–Crippen MR) is 92.0 cm³/mol. The Balaban J connectivity index is 1.78. The van der Waals surface area contributed by atoms with Gasteiger partial charge in [-0.15, -0.1) is 0 Å². The first kappa shape index (κ1) is 17.4. The molecule has 0 aromatic heterocycles. The molecule has 0 aliphatic carbocycles. The van der Waals surface area contributed by atoms with E-state index in [2.05, 4.69) is 10.6 Å². The highest BCUT2D eigenvalue weighted by molar-refractivity contribution is 5.94. The van der Waals surface area contributed by atoms with Crippen molar-refractivity contribution in [1.82, 2.24) is 10.6 Å². The van der Waals surface area contributed by atoms with Gasteiger partial charge >= 0.3 is 6.03 Å². The average molecular weight is 324 g/mol. The van der Waals surface area contributed by atoms with E-state index in [1.165, 1.54) is 13.8 Å². The molecule has 5 heteroatoms. The standard InChI is InChI=1S/C19H20N2O3/c1-13(22)17-7-3-15(4-8-17)11-20-19(24)21-12-16-5-9-18(10-6-16)14(2)23/h3-10H,11-12H2,1-2H3,(H2,20,21,24). The number of urea groups is 1. The Morgan fingerprint density at radius 3 is 1.29 bits per heavy atom. The van der Waals surface area contributed by atoms with Crippen LogP contribution in [-0.4, -0.2) is 17.6 Å². The summed E-state index contributed by atoms with van der Waals surface area (Å²) >= 11 is 0. The Kier molecular flexibility index (Phi) is 5.84. The van der Waals surface area contributed by atoms with Gasteiger partial charge in [-0.05, 0) is 25.0 Å². The molecule has 0 bridgehead atoms. The van der Waals surface area contributed by atoms with Gasteiger partial charge < -0.3 is 10.6 Å². The van der Waals surface area contributed by atoms with Crippen LogP contribution in [0.2, 0.25) is 0 Å². The molecule has 0 spiro atoms. The summed E-state index contributed by atoms with van der Waals surface area (Å²) in [6.07, 6.45) is 0. The van der Waals surface area contributed by atoms with Crippen LogP contribution in [-0.2, 0) is 13.1 Å². The molecule has 2 aromatic rings. The van der Waals surface area contributed by atoms with Crippen molar-refractivity contribution in [2.45, 2.75) is 26.9 Å². The Labute approximate surface area is 141 Å². The van der Waals surface area contributed by atoms with E-state index in [-0.39, 0.29) is 17.6 Å². The van der Waals surface area contributed by atoms with E-state index < -0.39 is 0 Å². The minimum absolute atomic E-state index is 0.0167. The fourth-order valence-electron chi connectivity index (χ4n) is 2.14. The molecule has 2 rings (SSSR count). The van der Waals surface area contributed by atoms with Crippen LogP contribution in [0.3, 0.4) is 0 Å². The van der Waals surface area contributed by atoms with Crippen LogP contribution in [0.4, 0.5) is 4.79 Å². The number of ketones is 2. The topological polar surface area (TPSA) is 75.3 Å². The maximum Gasteiger partial charge on any atom is 0.315 e. The third-order valence-corrected chi connectivity index (χ3v) is 3.63. The molecule has 2 aromatic carbocycles. The smallest absolute Gasteiger partial charge is 0.315 e. The average Bonchev–Trinajstić information content (AvgIpc) is 2.58. The van der Waals surface area contributed by atoms with Crippen LogP contribution in [0.15, 0.2) is 48.5 Å². The van der Waals surface area contributed by atoms with Crippen molar-refractivity contribution in [2.24, 2.45) is 0 Å². The first-order chi connectivity index (χ1) is 11.5. The zero-order valence-electron chi connectivity index (χ0n) is 13.8. The summed E-state index contributed by atoms with van der Waals surface area (Å²) in [5.74, 6) is 0.0334. The Morgan fingerprint density at radius 1 is 0.667 bits per heavy atom. The second kappa shape index (κ2) is 8.06. The molecular weight excluding hydrogens is 304 g/mol. The monoisotopic (exact) mass is 324 g/mol. The largest absolute Gasteiger partial charge is 0.334 e. The van der Waals surface area contributed by atoms with Gasteiger partial charge in [0.2, 0.25) is 0 Å². The zero-order valence-corrected chi connectivity index (χ0v) is 13.8. The Hall–Kier alpha value is -2.95. The van der Waals surface area contributed by atoms with Crippen LogP contribution in [0.25, 0.3) is 0 Å². The van der Waals surface area contributed by atoms with Gasteiger partial charge in [0.1, 0.15) is 0 Å². The molecule has 0 saturated carbocycles. The van der Waals surface area contributed by atoms with E-state index >= 15 is 0 Å². The molecule has 0 heterocycles. The minimum atomic E-state index is -0.277. The number of nitrogens with one attached hydrogen (secondary N) is 2. The molecule has 124 valence electrons. The molecule has 0 unspecified atom stereocenters. The summed E-state index contributed by atoms with van der Waals surface area (Å²) < 4.78 is 0. The number of rotatable bonds is 6. The van der Waals surface area contributed by atoms with Gasteiger partial charge in [-0.25, -0.2) is 4.79 Å². The summed E-state index contributed by atoms with van der Waals surface area (Å²) in [4.78, 5) is 34.2. The molecule has 0 atom stereocenters. The highest BCUT2D eigenvalue weighted by Gasteiger charge is 2.03. The summed E-state index contributed by atoms with van der Waals surface area (Å²) in [5, 5.41) is 5.52. The molecule has 2 amide bonds. The van der Waals surface area contributed by atoms with Crippen molar-refractivity contribution in [1.29, 1.82) is 0 Å². The normalized spacial score (nSPS) is 10.1. The summed E-state index contributed by atoms with van der Waals surface area (Å²) in [7, 11) is 0. The number of hydrogen-bond donors (Lipinski definition) is 2. The molecule has 0 aliphatic rings. The number of Topliss-reactive ketones (excluding diaryl/α,β-unsaturated/α-hetero) is 2. The predicted octanol–water partition coefficient (Wildman–Crippen LogP) is 3.09. The lowest BCUT2D eigenvalue weighted by Crippen LogP contribution is -2.34. The zero-order chi connectivity index (χ0) is 17.5. The van der Waals surface area contributed by atoms with Gasteiger partial charge in [-0.1, -0.05) is 48.5 Å². The molecule has 0 saturated heterocycles. The highest BCUT2D eigenvalue weighted by atomic mass is 16.2. The highest BCUT2D eigenvalue weighted by Crippen LogP contribution is 2.06. The number of amides is 2. The van der Waals surface area contributed by atoms with Crippen molar-refractivity contribution >= 4 is 17.6 Å². The number of carbonyl (C=O) groups excluding carboxylic acids is 3. The van der Waals surface area contributed by atoms with Crippen molar-refractivity contribution in [2.75, 3.05) is 0 Å². The number of hydrogen-bond acceptors (Lipinski definition) is 3. The summed E-state index contributed by atoms with van der Waals surface area (Å²) in [6.45, 7) is 3.80. The quantitative estimate of drug-likeness (QED) is 0.802. The number of benzene rings is 2. The fourth-order valence-corrected chi connectivity index (χ4v) is 2.14. The van der Waals surface area contributed by atoms with Gasteiger partial charge in [-0.2, -0.15) is 0 Å². The SMILES string of the molecule is CC(=O)c1ccc(CNC(=O)NCc2ccc(C(C)=O)cc2)cc1. The molecular formula is C19H20N2O3. The first-order valence-corrected chi connectivity index (χ1v) is 7.67. The Morgan fingerprint density at radius 2 is 1.00 bits per heavy atom. The third kappa shape index (κ3) is 5.05. The van der Waals surface area contributed by atoms with Gasteiger partial charge in [0.15, 0.2) is 11.6 Å². The van der Waals surface area contributed by atoms with E-state index in [0.717, 1.165) is 11.1 Å². The maximum absolute atomic E-state index is 11.8. The van der Waals surface area contributed by atoms with Gasteiger partial charge in [0.25, 0.3) is 0 Å². The van der Waals surface area contributed by atoms with E-state index in [1.54, 1.807) is 24.3 Å². The van der Waals surface area contributed by atoms with Gasteiger partial charge in [0.05, 0.1) is 0 Å². The maximum atomic E-state index is 11.8. The summed E-state index contributed by atoms with van der Waals surface area (Å²) in [5.41, 5.74) is 3.14. The van der Waals surface area contributed by atoms with E-state index in [1.807, 2.05) is 24.3 Å². The molecule has 24 heavy (non-hydrogen) atoms. The molecule has 0 radical (unpaired) electrons. The van der Waals surface area contributed by atoms with Crippen LogP contribution in [0, 0.1) is 0 Å². The van der Waals surface area contributed by atoms with E-state index in [4.69, 9.17) is 0 Å². The third-order valence-electron chi connectivity index (χ3n) is 3.63. The van der Waals surface area contributed by atoms with Crippen molar-refractivity contribution in [3.8, 4) is 0 Å². The second-order valence-electron chi connectivity index (χ2n) is 5.54. The fraction of sp³-hybridized carbons (Fsp3) is 0.211. The van der Waals surface area contributed by atoms with Crippen LogP contribution >= 0.6 is 0 Å². The van der Waals surface area contributed by atoms with Gasteiger partial charge in [0, 0.05) is 24.2 Å². The van der Waals surface area contributed by atoms with Crippen molar-refractivity contribution in [3.63, 3.8) is 0 Å². The molecule has 0 aliphatic heterocycles. The van der Waals surface area contributed by atoms with Crippen LogP contribution < -0.4 is 10.6 Å². The lowest BCUT2D eigenvalue weighted by atomic mass is 10.1. The lowest BCUT2D eigenvalue weighted by molar-refractivity contribution is 0.100. The second-order valence-corrected chi connectivity index (χ2v) is 5.54. The first-order valence-electron chi connectivity index (χ1n) is 7.67. The Bertz CT molecular complexity index is 671. The van der Waals surface area contributed by atoms with E-state index in [9.17, 15) is 14.4 Å². The molecule has 5 nitrogen and oxygen atoms in total. The summed E-state index contributed by atoms with van der Waals surface area (Å²) in [6, 6.07) is 14.0. The number of carbonyl (C=O) groups is 3. The van der Waals surface area contributed by atoms with Gasteiger partial charge in [-0.3, -0.25) is 9.59 Å².